The van der Waals surface area contributed by atoms with Crippen LogP contribution < -0.4 is 14.8 Å². The molecule has 0 bridgehead atoms. The smallest absolute Gasteiger partial charge is 0.211 e. The van der Waals surface area contributed by atoms with E-state index in [1.165, 1.54) is 16.7 Å². The number of sulfonamides is 1. The first kappa shape index (κ1) is 20.4. The average Bonchev–Trinajstić information content (AvgIpc) is 3.54. The lowest BCUT2D eigenvalue weighted by Gasteiger charge is -2.20. The van der Waals surface area contributed by atoms with Gasteiger partial charge in [0.1, 0.15) is 12.4 Å². The van der Waals surface area contributed by atoms with Gasteiger partial charge in [0, 0.05) is 12.6 Å². The van der Waals surface area contributed by atoms with Crippen LogP contribution in [0.2, 0.25) is 0 Å². The molecule has 0 aromatic heterocycles. The fraction of sp³-hybridized carbons (Fsp3) is 0.478. The van der Waals surface area contributed by atoms with Crippen LogP contribution in [0.5, 0.6) is 5.75 Å². The molecule has 5 nitrogen and oxygen atoms in total. The van der Waals surface area contributed by atoms with Crippen molar-refractivity contribution < 1.29 is 13.2 Å². The number of hydrogen-bond acceptors (Lipinski definition) is 4. The highest BCUT2D eigenvalue weighted by Crippen LogP contribution is 2.30. The Balaban J connectivity index is 1.37. The van der Waals surface area contributed by atoms with Crippen LogP contribution in [-0.2, 0) is 22.9 Å². The van der Waals surface area contributed by atoms with Gasteiger partial charge >= 0.3 is 0 Å². The molecule has 29 heavy (non-hydrogen) atoms. The zero-order valence-electron chi connectivity index (χ0n) is 16.8. The normalized spacial score (nSPS) is 19.4. The third kappa shape index (κ3) is 6.04. The highest BCUT2D eigenvalue weighted by atomic mass is 32.2. The topological polar surface area (TPSA) is 67.4 Å². The maximum Gasteiger partial charge on any atom is 0.211 e. The molecule has 4 rings (SSSR count). The number of ether oxygens (including phenoxy) is 1. The van der Waals surface area contributed by atoms with Crippen LogP contribution in [0.1, 0.15) is 42.0 Å². The van der Waals surface area contributed by atoms with Crippen LogP contribution in [0.3, 0.4) is 0 Å². The lowest BCUT2D eigenvalue weighted by Crippen LogP contribution is -2.31. The zero-order valence-corrected chi connectivity index (χ0v) is 17.6. The number of fused-ring (bicyclic) bond motifs is 1. The number of benzene rings is 2. The van der Waals surface area contributed by atoms with Crippen molar-refractivity contribution in [1.29, 1.82) is 0 Å². The van der Waals surface area contributed by atoms with E-state index in [0.29, 0.717) is 19.1 Å². The summed E-state index contributed by atoms with van der Waals surface area (Å²) in [6, 6.07) is 17.1. The molecule has 0 radical (unpaired) electrons. The van der Waals surface area contributed by atoms with E-state index in [0.717, 1.165) is 44.4 Å². The van der Waals surface area contributed by atoms with E-state index >= 15 is 0 Å². The number of rotatable bonds is 9. The van der Waals surface area contributed by atoms with Gasteiger partial charge in [-0.05, 0) is 73.4 Å². The van der Waals surface area contributed by atoms with E-state index in [1.807, 2.05) is 12.1 Å². The molecule has 1 fully saturated rings. The van der Waals surface area contributed by atoms with Gasteiger partial charge in [0.15, 0.2) is 0 Å². The summed E-state index contributed by atoms with van der Waals surface area (Å²) in [6.07, 6.45) is 5.20. The van der Waals surface area contributed by atoms with Crippen molar-refractivity contribution >= 4 is 10.0 Å². The maximum atomic E-state index is 12.0. The van der Waals surface area contributed by atoms with Gasteiger partial charge in [0.25, 0.3) is 0 Å². The van der Waals surface area contributed by atoms with Gasteiger partial charge in [-0.1, -0.05) is 36.4 Å². The van der Waals surface area contributed by atoms with Crippen molar-refractivity contribution in [3.63, 3.8) is 0 Å². The lowest BCUT2D eigenvalue weighted by atomic mass is 9.94. The molecule has 156 valence electrons. The molecule has 1 heterocycles. The minimum atomic E-state index is -3.18. The van der Waals surface area contributed by atoms with E-state index in [1.54, 1.807) is 0 Å². The molecule has 0 saturated heterocycles. The molecule has 2 aliphatic rings. The molecular weight excluding hydrogens is 384 g/mol. The molecule has 0 amide bonds. The lowest BCUT2D eigenvalue weighted by molar-refractivity contribution is 0.322. The Kier molecular flexibility index (Phi) is 6.53. The standard InChI is InChI=1S/C23H30N2O3S/c26-29(27,17-19-8-9-19)25-13-14-28-21-11-10-20-7-4-12-24-23(22(20)16-21)15-18-5-2-1-3-6-18/h1-3,5-6,10-11,16,19,23-25H,4,7-9,12-15,17H2. The summed E-state index contributed by atoms with van der Waals surface area (Å²) in [4.78, 5) is 0. The second kappa shape index (κ2) is 9.28. The Labute approximate surface area is 173 Å². The van der Waals surface area contributed by atoms with E-state index in [4.69, 9.17) is 4.74 Å². The molecule has 6 heteroatoms. The van der Waals surface area contributed by atoms with Gasteiger partial charge in [0.2, 0.25) is 10.0 Å². The molecule has 2 N–H and O–H groups in total. The van der Waals surface area contributed by atoms with Crippen molar-refractivity contribution in [3.05, 3.63) is 65.2 Å². The van der Waals surface area contributed by atoms with Gasteiger partial charge in [-0.15, -0.1) is 0 Å². The quantitative estimate of drug-likeness (QED) is 0.619. The Morgan fingerprint density at radius 1 is 1.10 bits per heavy atom. The van der Waals surface area contributed by atoms with Crippen LogP contribution in [0.15, 0.2) is 48.5 Å². The Hall–Kier alpha value is -1.89. The third-order valence-electron chi connectivity index (χ3n) is 5.63. The van der Waals surface area contributed by atoms with Gasteiger partial charge < -0.3 is 10.1 Å². The third-order valence-corrected chi connectivity index (χ3v) is 7.19. The van der Waals surface area contributed by atoms with Crippen molar-refractivity contribution in [2.45, 2.75) is 38.1 Å². The number of hydrogen-bond donors (Lipinski definition) is 2. The molecule has 1 saturated carbocycles. The van der Waals surface area contributed by atoms with Gasteiger partial charge in [-0.25, -0.2) is 13.1 Å². The van der Waals surface area contributed by atoms with Crippen LogP contribution in [0, 0.1) is 5.92 Å². The van der Waals surface area contributed by atoms with E-state index in [-0.39, 0.29) is 11.8 Å². The van der Waals surface area contributed by atoms with Gasteiger partial charge in [-0.3, -0.25) is 0 Å². The van der Waals surface area contributed by atoms with E-state index in [2.05, 4.69) is 46.4 Å². The van der Waals surface area contributed by atoms with E-state index < -0.39 is 10.0 Å². The fourth-order valence-electron chi connectivity index (χ4n) is 3.93. The maximum absolute atomic E-state index is 12.0. The van der Waals surface area contributed by atoms with Crippen LogP contribution in [0.25, 0.3) is 0 Å². The fourth-order valence-corrected chi connectivity index (χ4v) is 5.40. The molecule has 1 atom stereocenters. The summed E-state index contributed by atoms with van der Waals surface area (Å²) in [5.74, 6) is 1.40. The van der Waals surface area contributed by atoms with Crippen LogP contribution in [-0.4, -0.2) is 33.9 Å². The first-order chi connectivity index (χ1) is 14.1. The zero-order chi connectivity index (χ0) is 20.1. The summed E-state index contributed by atoms with van der Waals surface area (Å²) >= 11 is 0. The largest absolute Gasteiger partial charge is 0.492 e. The highest BCUT2D eigenvalue weighted by molar-refractivity contribution is 7.89. The summed E-state index contributed by atoms with van der Waals surface area (Å²) in [5, 5.41) is 3.68. The summed E-state index contributed by atoms with van der Waals surface area (Å²) in [5.41, 5.74) is 3.97. The average molecular weight is 415 g/mol. The minimum Gasteiger partial charge on any atom is -0.492 e. The molecule has 1 aliphatic carbocycles. The van der Waals surface area contributed by atoms with Crippen molar-refractivity contribution in [2.75, 3.05) is 25.4 Å². The summed E-state index contributed by atoms with van der Waals surface area (Å²) in [7, 11) is -3.18. The van der Waals surface area contributed by atoms with Crippen molar-refractivity contribution in [1.82, 2.24) is 10.0 Å². The second-order valence-electron chi connectivity index (χ2n) is 8.13. The van der Waals surface area contributed by atoms with Crippen LogP contribution >= 0.6 is 0 Å². The molecule has 2 aromatic rings. The van der Waals surface area contributed by atoms with Crippen molar-refractivity contribution in [3.8, 4) is 5.75 Å². The second-order valence-corrected chi connectivity index (χ2v) is 9.98. The first-order valence-electron chi connectivity index (χ1n) is 10.6. The summed E-state index contributed by atoms with van der Waals surface area (Å²) in [6.45, 7) is 1.64. The predicted octanol–water partition coefficient (Wildman–Crippen LogP) is 3.21. The Morgan fingerprint density at radius 2 is 1.93 bits per heavy atom. The molecule has 1 aliphatic heterocycles. The van der Waals surface area contributed by atoms with Crippen LogP contribution in [0.4, 0.5) is 0 Å². The Bertz CT molecular complexity index is 911. The first-order valence-corrected chi connectivity index (χ1v) is 12.2. The molecule has 0 spiro atoms. The molecule has 1 unspecified atom stereocenters. The number of nitrogens with one attached hydrogen (secondary N) is 2. The van der Waals surface area contributed by atoms with Gasteiger partial charge in [-0.2, -0.15) is 0 Å². The minimum absolute atomic E-state index is 0.249. The van der Waals surface area contributed by atoms with Gasteiger partial charge in [0.05, 0.1) is 5.75 Å². The van der Waals surface area contributed by atoms with Crippen molar-refractivity contribution in [2.24, 2.45) is 5.92 Å². The SMILES string of the molecule is O=S(=O)(CC1CC1)NCCOc1ccc2c(c1)C(Cc1ccccc1)NCCC2. The van der Waals surface area contributed by atoms with E-state index in [9.17, 15) is 8.42 Å². The predicted molar refractivity (Wildman–Crippen MR) is 116 cm³/mol. The highest BCUT2D eigenvalue weighted by Gasteiger charge is 2.27. The molecule has 2 aromatic carbocycles. The molecular formula is C23H30N2O3S. The summed E-state index contributed by atoms with van der Waals surface area (Å²) < 4.78 is 32.4. The Morgan fingerprint density at radius 3 is 2.72 bits per heavy atom. The monoisotopic (exact) mass is 414 g/mol. The number of aryl methyl sites for hydroxylation is 1.